The topological polar surface area (TPSA) is 114 Å². The van der Waals surface area contributed by atoms with Crippen molar-refractivity contribution in [2.75, 3.05) is 20.6 Å². The molecule has 0 unspecified atom stereocenters. The Balaban J connectivity index is 2.00. The van der Waals surface area contributed by atoms with E-state index in [0.717, 1.165) is 0 Å². The maximum Gasteiger partial charge on any atom is 0.268 e. The van der Waals surface area contributed by atoms with Gasteiger partial charge in [0.2, 0.25) is 0 Å². The smallest absolute Gasteiger partial charge is 0.268 e. The third kappa shape index (κ3) is 4.54. The number of aldehydes is 1. The minimum absolute atomic E-state index is 0.145. The molecular formula is C22H23N5O3. The molecule has 30 heavy (non-hydrogen) atoms. The Morgan fingerprint density at radius 2 is 2.10 bits per heavy atom. The van der Waals surface area contributed by atoms with E-state index in [2.05, 4.69) is 21.8 Å². The molecule has 0 aliphatic rings. The summed E-state index contributed by atoms with van der Waals surface area (Å²) in [5, 5.41) is 11.0. The zero-order valence-electron chi connectivity index (χ0n) is 17.1. The Labute approximate surface area is 174 Å². The number of amides is 1. The number of aryl methyl sites for hydroxylation is 1. The number of aliphatic hydroxyl groups is 1. The standard InChI is InChI=1S/C22H23N5O3/c1-26(2)12-10-22(30,14-28)9-7-15-5-4-6-16(13-15)20-24-18(19(23)29)17-8-11-27(3)21(17)25-20/h4-6,8,11,13-14,30H,10,12H2,1-3H3,(H2,23,29)/t22-/m0/s1. The van der Waals surface area contributed by atoms with Gasteiger partial charge in [-0.3, -0.25) is 9.59 Å². The Morgan fingerprint density at radius 3 is 2.77 bits per heavy atom. The molecule has 0 aliphatic carbocycles. The molecule has 3 N–H and O–H groups in total. The van der Waals surface area contributed by atoms with E-state index in [4.69, 9.17) is 5.73 Å². The van der Waals surface area contributed by atoms with Crippen LogP contribution < -0.4 is 5.73 Å². The van der Waals surface area contributed by atoms with E-state index >= 15 is 0 Å². The summed E-state index contributed by atoms with van der Waals surface area (Å²) in [7, 11) is 5.53. The van der Waals surface area contributed by atoms with Crippen molar-refractivity contribution in [2.24, 2.45) is 12.8 Å². The van der Waals surface area contributed by atoms with Gasteiger partial charge in [-0.1, -0.05) is 24.0 Å². The number of benzene rings is 1. The van der Waals surface area contributed by atoms with E-state index in [1.54, 1.807) is 41.1 Å². The third-order valence-corrected chi connectivity index (χ3v) is 4.64. The zero-order valence-corrected chi connectivity index (χ0v) is 17.1. The van der Waals surface area contributed by atoms with Crippen LogP contribution in [0.1, 0.15) is 22.5 Å². The number of primary amides is 1. The van der Waals surface area contributed by atoms with Crippen LogP contribution in [0, 0.1) is 11.8 Å². The van der Waals surface area contributed by atoms with E-state index < -0.39 is 11.5 Å². The molecular weight excluding hydrogens is 382 g/mol. The van der Waals surface area contributed by atoms with Crippen molar-refractivity contribution in [1.82, 2.24) is 19.4 Å². The van der Waals surface area contributed by atoms with Crippen LogP contribution in [0.25, 0.3) is 22.4 Å². The molecule has 8 heteroatoms. The molecule has 3 rings (SSSR count). The van der Waals surface area contributed by atoms with Crippen LogP contribution in [0.4, 0.5) is 0 Å². The van der Waals surface area contributed by atoms with Gasteiger partial charge in [0.25, 0.3) is 5.91 Å². The van der Waals surface area contributed by atoms with E-state index in [1.165, 1.54) is 0 Å². The lowest BCUT2D eigenvalue weighted by Gasteiger charge is -2.17. The maximum absolute atomic E-state index is 11.9. The summed E-state index contributed by atoms with van der Waals surface area (Å²) >= 11 is 0. The van der Waals surface area contributed by atoms with Gasteiger partial charge in [0.1, 0.15) is 11.3 Å². The minimum Gasteiger partial charge on any atom is -0.371 e. The van der Waals surface area contributed by atoms with Gasteiger partial charge in [-0.05, 0) is 32.3 Å². The van der Waals surface area contributed by atoms with Gasteiger partial charge in [-0.15, -0.1) is 0 Å². The molecule has 8 nitrogen and oxygen atoms in total. The molecule has 3 aromatic rings. The molecule has 2 aromatic heterocycles. The first-order chi connectivity index (χ1) is 14.2. The molecule has 0 radical (unpaired) electrons. The summed E-state index contributed by atoms with van der Waals surface area (Å²) < 4.78 is 1.78. The number of fused-ring (bicyclic) bond motifs is 1. The van der Waals surface area contributed by atoms with Crippen molar-refractivity contribution < 1.29 is 14.7 Å². The van der Waals surface area contributed by atoms with Gasteiger partial charge < -0.3 is 20.3 Å². The fourth-order valence-corrected chi connectivity index (χ4v) is 2.92. The Kier molecular flexibility index (Phi) is 5.96. The molecule has 0 saturated heterocycles. The predicted molar refractivity (Wildman–Crippen MR) is 114 cm³/mol. The highest BCUT2D eigenvalue weighted by molar-refractivity contribution is 6.03. The second-order valence-electron chi connectivity index (χ2n) is 7.35. The number of nitrogens with zero attached hydrogens (tertiary/aromatic N) is 4. The Morgan fingerprint density at radius 1 is 1.33 bits per heavy atom. The fraction of sp³-hybridized carbons (Fsp3) is 0.273. The van der Waals surface area contributed by atoms with Gasteiger partial charge >= 0.3 is 0 Å². The van der Waals surface area contributed by atoms with Gasteiger partial charge in [0.05, 0.1) is 5.39 Å². The Bertz CT molecular complexity index is 1170. The number of nitrogens with two attached hydrogens (primary N) is 1. The maximum atomic E-state index is 11.9. The predicted octanol–water partition coefficient (Wildman–Crippen LogP) is 0.967. The lowest BCUT2D eigenvalue weighted by molar-refractivity contribution is -0.119. The van der Waals surface area contributed by atoms with Crippen LogP contribution >= 0.6 is 0 Å². The van der Waals surface area contributed by atoms with Crippen LogP contribution in [-0.2, 0) is 11.8 Å². The average molecular weight is 405 g/mol. The molecule has 0 bridgehead atoms. The highest BCUT2D eigenvalue weighted by atomic mass is 16.3. The fourth-order valence-electron chi connectivity index (χ4n) is 2.92. The molecule has 1 atom stereocenters. The van der Waals surface area contributed by atoms with E-state index in [9.17, 15) is 14.7 Å². The summed E-state index contributed by atoms with van der Waals surface area (Å²) in [6, 6.07) is 8.79. The molecule has 0 spiro atoms. The van der Waals surface area contributed by atoms with Crippen LogP contribution in [0.3, 0.4) is 0 Å². The number of hydrogen-bond donors (Lipinski definition) is 2. The van der Waals surface area contributed by atoms with Crippen molar-refractivity contribution >= 4 is 23.2 Å². The second-order valence-corrected chi connectivity index (χ2v) is 7.35. The number of carbonyl (C=O) groups excluding carboxylic acids is 2. The molecule has 1 aromatic carbocycles. The lowest BCUT2D eigenvalue weighted by atomic mass is 10.0. The van der Waals surface area contributed by atoms with Crippen LogP contribution in [0.5, 0.6) is 0 Å². The van der Waals surface area contributed by atoms with Crippen molar-refractivity contribution in [3.63, 3.8) is 0 Å². The highest BCUT2D eigenvalue weighted by Gasteiger charge is 2.23. The van der Waals surface area contributed by atoms with Gasteiger partial charge in [-0.2, -0.15) is 0 Å². The lowest BCUT2D eigenvalue weighted by Crippen LogP contribution is -2.33. The average Bonchev–Trinajstić information content (AvgIpc) is 3.11. The van der Waals surface area contributed by atoms with Gasteiger partial charge in [-0.25, -0.2) is 9.97 Å². The summed E-state index contributed by atoms with van der Waals surface area (Å²) in [6.07, 6.45) is 2.44. The number of rotatable bonds is 6. The summed E-state index contributed by atoms with van der Waals surface area (Å²) in [6.45, 7) is 0.518. The molecule has 0 saturated carbocycles. The van der Waals surface area contributed by atoms with Crippen LogP contribution in [0.2, 0.25) is 0 Å². The van der Waals surface area contributed by atoms with Crippen molar-refractivity contribution in [3.8, 4) is 23.2 Å². The van der Waals surface area contributed by atoms with E-state index in [1.807, 2.05) is 26.0 Å². The molecule has 154 valence electrons. The van der Waals surface area contributed by atoms with Gasteiger partial charge in [0, 0.05) is 37.3 Å². The first-order valence-corrected chi connectivity index (χ1v) is 9.32. The van der Waals surface area contributed by atoms with Crippen LogP contribution in [-0.4, -0.2) is 63.0 Å². The number of carbonyl (C=O) groups is 2. The zero-order chi connectivity index (χ0) is 21.9. The SMILES string of the molecule is CN(C)CC[C@@](O)(C#Cc1cccc(-c2nc(C(N)=O)c3ccn(C)c3n2)c1)C=O. The normalized spacial score (nSPS) is 13.0. The monoisotopic (exact) mass is 405 g/mol. The number of hydrogen-bond acceptors (Lipinski definition) is 6. The van der Waals surface area contributed by atoms with Crippen LogP contribution in [0.15, 0.2) is 36.5 Å². The summed E-state index contributed by atoms with van der Waals surface area (Å²) in [5.74, 6) is 5.20. The Hall–Kier alpha value is -3.54. The third-order valence-electron chi connectivity index (χ3n) is 4.64. The molecule has 0 fully saturated rings. The first kappa shape index (κ1) is 21.2. The number of aromatic nitrogens is 3. The van der Waals surface area contributed by atoms with Crippen molar-refractivity contribution in [2.45, 2.75) is 12.0 Å². The first-order valence-electron chi connectivity index (χ1n) is 9.32. The van der Waals surface area contributed by atoms with Crippen molar-refractivity contribution in [1.29, 1.82) is 0 Å². The van der Waals surface area contributed by atoms with Crippen molar-refractivity contribution in [3.05, 3.63) is 47.8 Å². The highest BCUT2D eigenvalue weighted by Crippen LogP contribution is 2.23. The quantitative estimate of drug-likeness (QED) is 0.467. The molecule has 1 amide bonds. The molecule has 0 aliphatic heterocycles. The molecule has 2 heterocycles. The van der Waals surface area contributed by atoms with Gasteiger partial charge in [0.15, 0.2) is 17.7 Å². The summed E-state index contributed by atoms with van der Waals surface area (Å²) in [5.41, 5.74) is 5.72. The largest absolute Gasteiger partial charge is 0.371 e. The minimum atomic E-state index is -1.72. The second kappa shape index (κ2) is 8.45. The summed E-state index contributed by atoms with van der Waals surface area (Å²) in [4.78, 5) is 34.0. The van der Waals surface area contributed by atoms with E-state index in [0.29, 0.717) is 40.8 Å². The van der Waals surface area contributed by atoms with E-state index in [-0.39, 0.29) is 12.1 Å².